The van der Waals surface area contributed by atoms with Gasteiger partial charge in [0.2, 0.25) is 0 Å². The number of carbonyl (C=O) groups is 1. The van der Waals surface area contributed by atoms with Gasteiger partial charge in [0, 0.05) is 30.8 Å². The number of rotatable bonds is 5. The highest BCUT2D eigenvalue weighted by molar-refractivity contribution is 8.00. The van der Waals surface area contributed by atoms with E-state index in [0.717, 1.165) is 5.56 Å². The summed E-state index contributed by atoms with van der Waals surface area (Å²) in [6.45, 7) is 0.132. The van der Waals surface area contributed by atoms with E-state index in [1.165, 1.54) is 11.8 Å². The highest BCUT2D eigenvalue weighted by atomic mass is 32.2. The van der Waals surface area contributed by atoms with E-state index < -0.39 is 0 Å². The summed E-state index contributed by atoms with van der Waals surface area (Å²) in [5.74, 6) is 1.20. The molecule has 0 unspecified atom stereocenters. The smallest absolute Gasteiger partial charge is 0.174 e. The molecule has 0 radical (unpaired) electrons. The van der Waals surface area contributed by atoms with Crippen LogP contribution in [0.1, 0.15) is 10.4 Å². The Morgan fingerprint density at radius 3 is 3.00 bits per heavy atom. The summed E-state index contributed by atoms with van der Waals surface area (Å²) in [5, 5.41) is 8.52. The van der Waals surface area contributed by atoms with Crippen LogP contribution in [0.2, 0.25) is 0 Å². The first-order chi connectivity index (χ1) is 6.24. The lowest BCUT2D eigenvalue weighted by Gasteiger charge is -1.96. The Labute approximate surface area is 81.8 Å². The molecule has 3 nitrogen and oxygen atoms in total. The summed E-state index contributed by atoms with van der Waals surface area (Å²) in [6.07, 6.45) is 3.66. The van der Waals surface area contributed by atoms with Crippen LogP contribution in [0, 0.1) is 0 Å². The van der Waals surface area contributed by atoms with Gasteiger partial charge in [-0.25, -0.2) is 0 Å². The number of aryl methyl sites for hydroxylation is 1. The Morgan fingerprint density at radius 2 is 2.46 bits per heavy atom. The zero-order chi connectivity index (χ0) is 9.68. The number of hydrogen-bond acceptors (Lipinski definition) is 3. The van der Waals surface area contributed by atoms with Crippen LogP contribution in [0.15, 0.2) is 18.5 Å². The van der Waals surface area contributed by atoms with Gasteiger partial charge in [0.1, 0.15) is 0 Å². The van der Waals surface area contributed by atoms with Gasteiger partial charge in [-0.15, -0.1) is 0 Å². The summed E-state index contributed by atoms with van der Waals surface area (Å²) < 4.78 is 1.85. The van der Waals surface area contributed by atoms with Crippen molar-refractivity contribution < 1.29 is 9.90 Å². The zero-order valence-corrected chi connectivity index (χ0v) is 8.38. The molecule has 0 spiro atoms. The number of nitrogens with zero attached hydrogens (tertiary/aromatic N) is 1. The summed E-state index contributed by atoms with van der Waals surface area (Å²) in [5.41, 5.74) is 0.743. The van der Waals surface area contributed by atoms with Crippen LogP contribution >= 0.6 is 11.8 Å². The predicted octanol–water partition coefficient (Wildman–Crippen LogP) is 0.933. The van der Waals surface area contributed by atoms with E-state index >= 15 is 0 Å². The Kier molecular flexibility index (Phi) is 4.05. The predicted molar refractivity (Wildman–Crippen MR) is 54.2 cm³/mol. The van der Waals surface area contributed by atoms with Crippen molar-refractivity contribution in [2.75, 3.05) is 18.1 Å². The van der Waals surface area contributed by atoms with Gasteiger partial charge in [0.15, 0.2) is 5.78 Å². The minimum Gasteiger partial charge on any atom is -0.396 e. The van der Waals surface area contributed by atoms with Crippen molar-refractivity contribution in [3.63, 3.8) is 0 Å². The molecule has 1 aromatic heterocycles. The van der Waals surface area contributed by atoms with Gasteiger partial charge in [0.05, 0.1) is 12.4 Å². The summed E-state index contributed by atoms with van der Waals surface area (Å²) in [6, 6.07) is 1.81. The maximum atomic E-state index is 11.4. The molecule has 1 N–H and O–H groups in total. The van der Waals surface area contributed by atoms with Crippen LogP contribution in [-0.4, -0.2) is 33.6 Å². The number of ketones is 1. The molecule has 0 saturated carbocycles. The van der Waals surface area contributed by atoms with Crippen molar-refractivity contribution in [3.8, 4) is 0 Å². The van der Waals surface area contributed by atoms with Crippen molar-refractivity contribution in [1.29, 1.82) is 0 Å². The number of carbonyl (C=O) groups excluding carboxylic acids is 1. The minimum atomic E-state index is 0.124. The number of aliphatic hydroxyl groups is 1. The first-order valence-electron chi connectivity index (χ1n) is 4.08. The molecule has 0 aliphatic rings. The van der Waals surface area contributed by atoms with Crippen LogP contribution in [0.4, 0.5) is 0 Å². The molecular formula is C9H13NO2S. The third-order valence-corrected chi connectivity index (χ3v) is 2.56. The molecule has 0 fully saturated rings. The second-order valence-corrected chi connectivity index (χ2v) is 3.87. The molecule has 1 rings (SSSR count). The molecule has 13 heavy (non-hydrogen) atoms. The number of thioether (sulfide) groups is 1. The number of Topliss-reactive ketones (excluding diaryl/α,β-unsaturated/α-hetero) is 1. The Bertz CT molecular complexity index is 283. The normalized spacial score (nSPS) is 10.3. The van der Waals surface area contributed by atoms with E-state index in [1.807, 2.05) is 30.1 Å². The largest absolute Gasteiger partial charge is 0.396 e. The molecule has 0 amide bonds. The highest BCUT2D eigenvalue weighted by Crippen LogP contribution is 2.06. The quantitative estimate of drug-likeness (QED) is 0.566. The maximum Gasteiger partial charge on any atom is 0.174 e. The summed E-state index contributed by atoms with van der Waals surface area (Å²) in [4.78, 5) is 11.4. The monoisotopic (exact) mass is 199 g/mol. The fraction of sp³-hybridized carbons (Fsp3) is 0.444. The van der Waals surface area contributed by atoms with Crippen LogP contribution in [0.3, 0.4) is 0 Å². The van der Waals surface area contributed by atoms with Gasteiger partial charge < -0.3 is 9.67 Å². The average molecular weight is 199 g/mol. The third kappa shape index (κ3) is 3.24. The number of aliphatic hydroxyl groups excluding tert-OH is 1. The molecule has 0 aromatic carbocycles. The molecule has 0 aliphatic heterocycles. The molecule has 4 heteroatoms. The molecule has 1 aromatic rings. The number of aromatic nitrogens is 1. The zero-order valence-electron chi connectivity index (χ0n) is 7.56. The standard InChI is InChI=1S/C9H13NO2S/c1-10-3-2-8(6-10)9(12)7-13-5-4-11/h2-3,6,11H,4-5,7H2,1H3. The lowest BCUT2D eigenvalue weighted by molar-refractivity contribution is 0.102. The van der Waals surface area contributed by atoms with Crippen molar-refractivity contribution in [3.05, 3.63) is 24.0 Å². The average Bonchev–Trinajstić information content (AvgIpc) is 2.52. The van der Waals surface area contributed by atoms with Crippen molar-refractivity contribution >= 4 is 17.5 Å². The minimum absolute atomic E-state index is 0.124. The van der Waals surface area contributed by atoms with Crippen LogP contribution in [0.25, 0.3) is 0 Å². The van der Waals surface area contributed by atoms with Gasteiger partial charge in [-0.3, -0.25) is 4.79 Å². The molecular weight excluding hydrogens is 186 g/mol. The second kappa shape index (κ2) is 5.09. The first-order valence-corrected chi connectivity index (χ1v) is 5.23. The molecule has 0 atom stereocenters. The van der Waals surface area contributed by atoms with Gasteiger partial charge >= 0.3 is 0 Å². The van der Waals surface area contributed by atoms with E-state index in [9.17, 15) is 4.79 Å². The van der Waals surface area contributed by atoms with Crippen LogP contribution in [-0.2, 0) is 7.05 Å². The molecule has 72 valence electrons. The van der Waals surface area contributed by atoms with Crippen LogP contribution < -0.4 is 0 Å². The van der Waals surface area contributed by atoms with Crippen molar-refractivity contribution in [2.45, 2.75) is 0 Å². The molecule has 1 heterocycles. The number of hydrogen-bond donors (Lipinski definition) is 1. The highest BCUT2D eigenvalue weighted by Gasteiger charge is 2.05. The topological polar surface area (TPSA) is 42.2 Å². The fourth-order valence-corrected chi connectivity index (χ4v) is 1.61. The molecule has 0 aliphatic carbocycles. The van der Waals surface area contributed by atoms with E-state index in [1.54, 1.807) is 0 Å². The van der Waals surface area contributed by atoms with E-state index in [0.29, 0.717) is 11.5 Å². The Hall–Kier alpha value is -0.740. The van der Waals surface area contributed by atoms with Gasteiger partial charge in [0.25, 0.3) is 0 Å². The van der Waals surface area contributed by atoms with Crippen molar-refractivity contribution in [1.82, 2.24) is 4.57 Å². The van der Waals surface area contributed by atoms with E-state index in [2.05, 4.69) is 0 Å². The third-order valence-electron chi connectivity index (χ3n) is 1.62. The maximum absolute atomic E-state index is 11.4. The van der Waals surface area contributed by atoms with E-state index in [4.69, 9.17) is 5.11 Å². The Morgan fingerprint density at radius 1 is 1.69 bits per heavy atom. The first kappa shape index (κ1) is 10.3. The van der Waals surface area contributed by atoms with Gasteiger partial charge in [-0.1, -0.05) is 0 Å². The lowest BCUT2D eigenvalue weighted by atomic mass is 10.2. The lowest BCUT2D eigenvalue weighted by Crippen LogP contribution is -2.02. The SMILES string of the molecule is Cn1ccc(C(=O)CSCCO)c1. The molecule has 0 saturated heterocycles. The van der Waals surface area contributed by atoms with Gasteiger partial charge in [-0.05, 0) is 6.07 Å². The van der Waals surface area contributed by atoms with Gasteiger partial charge in [-0.2, -0.15) is 11.8 Å². The summed E-state index contributed by atoms with van der Waals surface area (Å²) in [7, 11) is 1.89. The van der Waals surface area contributed by atoms with Crippen LogP contribution in [0.5, 0.6) is 0 Å². The van der Waals surface area contributed by atoms with E-state index in [-0.39, 0.29) is 12.4 Å². The molecule has 0 bridgehead atoms. The van der Waals surface area contributed by atoms with Crippen molar-refractivity contribution in [2.24, 2.45) is 7.05 Å². The summed E-state index contributed by atoms with van der Waals surface area (Å²) >= 11 is 1.46. The Balaban J connectivity index is 2.40. The fourth-order valence-electron chi connectivity index (χ4n) is 0.981. The second-order valence-electron chi connectivity index (χ2n) is 2.77.